The number of amides is 1. The molecule has 20 heavy (non-hydrogen) atoms. The molecule has 0 bridgehead atoms. The van der Waals surface area contributed by atoms with Gasteiger partial charge in [-0.25, -0.2) is 0 Å². The van der Waals surface area contributed by atoms with E-state index in [2.05, 4.69) is 16.8 Å². The molecule has 0 radical (unpaired) electrons. The Hall–Kier alpha value is -1.90. The van der Waals surface area contributed by atoms with Gasteiger partial charge in [-0.15, -0.1) is 0 Å². The number of nitrogens with two attached hydrogens (primary N) is 1. The molecule has 0 unspecified atom stereocenters. The third kappa shape index (κ3) is 5.00. The molecule has 0 aliphatic heterocycles. The minimum Gasteiger partial charge on any atom is -0.389 e. The Bertz CT molecular complexity index is 524. The van der Waals surface area contributed by atoms with Gasteiger partial charge in [0.15, 0.2) is 0 Å². The van der Waals surface area contributed by atoms with Gasteiger partial charge in [0.05, 0.1) is 17.7 Å². The number of likely N-dealkylation sites (N-methyl/N-ethyl adjacent to an activating group) is 1. The predicted octanol–water partition coefficient (Wildman–Crippen LogP) is 0.625. The minimum absolute atomic E-state index is 0.168. The predicted molar refractivity (Wildman–Crippen MR) is 78.0 cm³/mol. The highest BCUT2D eigenvalue weighted by atomic mass is 16.3. The molecule has 5 heteroatoms. The lowest BCUT2D eigenvalue weighted by Gasteiger charge is -2.28. The van der Waals surface area contributed by atoms with Crippen LogP contribution >= 0.6 is 0 Å². The lowest BCUT2D eigenvalue weighted by atomic mass is 10.1. The molecule has 5 nitrogen and oxygen atoms in total. The molecule has 1 aromatic heterocycles. The fourth-order valence-corrected chi connectivity index (χ4v) is 1.76. The van der Waals surface area contributed by atoms with Gasteiger partial charge in [-0.2, -0.15) is 0 Å². The summed E-state index contributed by atoms with van der Waals surface area (Å²) in [5.41, 5.74) is 5.49. The molecule has 1 amide bonds. The van der Waals surface area contributed by atoms with Gasteiger partial charge in [-0.05, 0) is 26.8 Å². The highest BCUT2D eigenvalue weighted by Gasteiger charge is 2.22. The summed E-state index contributed by atoms with van der Waals surface area (Å²) in [7, 11) is 0. The number of hydrogen-bond acceptors (Lipinski definition) is 4. The van der Waals surface area contributed by atoms with E-state index in [4.69, 9.17) is 5.73 Å². The minimum atomic E-state index is -0.934. The first-order chi connectivity index (χ1) is 9.37. The average molecular weight is 275 g/mol. The third-order valence-electron chi connectivity index (χ3n) is 2.57. The molecule has 0 aliphatic carbocycles. The van der Waals surface area contributed by atoms with Crippen LogP contribution in [-0.2, 0) is 0 Å². The number of aliphatic hydroxyl groups is 1. The molecule has 0 fully saturated rings. The molecule has 0 aliphatic rings. The maximum atomic E-state index is 12.4. The van der Waals surface area contributed by atoms with E-state index in [1.165, 1.54) is 6.20 Å². The van der Waals surface area contributed by atoms with E-state index in [1.807, 2.05) is 6.92 Å². The van der Waals surface area contributed by atoms with Crippen molar-refractivity contribution in [2.75, 3.05) is 19.6 Å². The summed E-state index contributed by atoms with van der Waals surface area (Å²) >= 11 is 0. The third-order valence-corrected chi connectivity index (χ3v) is 2.57. The SMILES string of the molecule is CCN(CC(C)(C)O)C(=O)c1cncc(C#CCN)c1. The Morgan fingerprint density at radius 1 is 1.50 bits per heavy atom. The van der Waals surface area contributed by atoms with Gasteiger partial charge < -0.3 is 15.7 Å². The highest BCUT2D eigenvalue weighted by molar-refractivity contribution is 5.94. The van der Waals surface area contributed by atoms with Crippen molar-refractivity contribution in [3.8, 4) is 11.8 Å². The number of carbonyl (C=O) groups excluding carboxylic acids is 1. The summed E-state index contributed by atoms with van der Waals surface area (Å²) in [5, 5.41) is 9.84. The van der Waals surface area contributed by atoms with Crippen molar-refractivity contribution in [1.29, 1.82) is 0 Å². The first kappa shape index (κ1) is 16.2. The van der Waals surface area contributed by atoms with Gasteiger partial charge in [0, 0.05) is 31.0 Å². The molecule has 108 valence electrons. The molecule has 3 N–H and O–H groups in total. The van der Waals surface area contributed by atoms with Crippen LogP contribution in [0.5, 0.6) is 0 Å². The molecule has 1 aromatic rings. The molecule has 0 saturated heterocycles. The number of nitrogens with zero attached hydrogens (tertiary/aromatic N) is 2. The van der Waals surface area contributed by atoms with E-state index < -0.39 is 5.60 Å². The van der Waals surface area contributed by atoms with Gasteiger partial charge in [-0.1, -0.05) is 11.8 Å². The lowest BCUT2D eigenvalue weighted by molar-refractivity contribution is 0.0314. The molecule has 1 heterocycles. The van der Waals surface area contributed by atoms with Crippen molar-refractivity contribution < 1.29 is 9.90 Å². The Balaban J connectivity index is 2.95. The van der Waals surface area contributed by atoms with Crippen molar-refractivity contribution in [3.05, 3.63) is 29.6 Å². The van der Waals surface area contributed by atoms with Gasteiger partial charge in [-0.3, -0.25) is 9.78 Å². The summed E-state index contributed by atoms with van der Waals surface area (Å²) in [5.74, 6) is 5.40. The van der Waals surface area contributed by atoms with E-state index in [-0.39, 0.29) is 19.0 Å². The zero-order chi connectivity index (χ0) is 15.2. The molecule has 0 spiro atoms. The van der Waals surface area contributed by atoms with E-state index in [9.17, 15) is 9.90 Å². The van der Waals surface area contributed by atoms with Crippen molar-refractivity contribution in [1.82, 2.24) is 9.88 Å². The largest absolute Gasteiger partial charge is 0.389 e. The molecule has 1 rings (SSSR count). The highest BCUT2D eigenvalue weighted by Crippen LogP contribution is 2.10. The second-order valence-electron chi connectivity index (χ2n) is 5.10. The molecule has 0 aromatic carbocycles. The number of pyridine rings is 1. The van der Waals surface area contributed by atoms with E-state index in [0.717, 1.165) is 0 Å². The Kier molecular flexibility index (Phi) is 5.68. The summed E-state index contributed by atoms with van der Waals surface area (Å²) in [6.45, 7) is 6.25. The fourth-order valence-electron chi connectivity index (χ4n) is 1.76. The average Bonchev–Trinajstić information content (AvgIpc) is 2.41. The maximum absolute atomic E-state index is 12.4. The van der Waals surface area contributed by atoms with Crippen LogP contribution in [0.25, 0.3) is 0 Å². The van der Waals surface area contributed by atoms with Crippen molar-refractivity contribution in [2.45, 2.75) is 26.4 Å². The summed E-state index contributed by atoms with van der Waals surface area (Å²) in [4.78, 5) is 18.0. The summed E-state index contributed by atoms with van der Waals surface area (Å²) in [6, 6.07) is 1.69. The van der Waals surface area contributed by atoms with Crippen LogP contribution in [0, 0.1) is 11.8 Å². The van der Waals surface area contributed by atoms with E-state index in [1.54, 1.807) is 31.0 Å². The van der Waals surface area contributed by atoms with Crippen LogP contribution in [0.3, 0.4) is 0 Å². The Labute approximate surface area is 119 Å². The lowest BCUT2D eigenvalue weighted by Crippen LogP contribution is -2.42. The van der Waals surface area contributed by atoms with Gasteiger partial charge in [0.1, 0.15) is 0 Å². The van der Waals surface area contributed by atoms with Crippen LogP contribution in [0.15, 0.2) is 18.5 Å². The van der Waals surface area contributed by atoms with E-state index in [0.29, 0.717) is 17.7 Å². The first-order valence-electron chi connectivity index (χ1n) is 6.53. The molecule has 0 atom stereocenters. The second kappa shape index (κ2) is 7.04. The second-order valence-corrected chi connectivity index (χ2v) is 5.10. The molecular weight excluding hydrogens is 254 g/mol. The Morgan fingerprint density at radius 3 is 2.75 bits per heavy atom. The standard InChI is InChI=1S/C15H21N3O2/c1-4-18(11-15(2,3)20)14(19)13-8-12(6-5-7-16)9-17-10-13/h8-10,20H,4,7,11,16H2,1-3H3. The summed E-state index contributed by atoms with van der Waals surface area (Å²) in [6.07, 6.45) is 3.09. The number of rotatable bonds is 4. The van der Waals surface area contributed by atoms with Crippen LogP contribution in [0.1, 0.15) is 36.7 Å². The van der Waals surface area contributed by atoms with Crippen molar-refractivity contribution >= 4 is 5.91 Å². The smallest absolute Gasteiger partial charge is 0.255 e. The fraction of sp³-hybridized carbons (Fsp3) is 0.467. The molecule has 0 saturated carbocycles. The zero-order valence-corrected chi connectivity index (χ0v) is 12.2. The maximum Gasteiger partial charge on any atom is 0.255 e. The monoisotopic (exact) mass is 275 g/mol. The number of carbonyl (C=O) groups is 1. The number of hydrogen-bond donors (Lipinski definition) is 2. The topological polar surface area (TPSA) is 79.5 Å². The first-order valence-corrected chi connectivity index (χ1v) is 6.53. The van der Waals surface area contributed by atoms with Crippen molar-refractivity contribution in [3.63, 3.8) is 0 Å². The van der Waals surface area contributed by atoms with E-state index >= 15 is 0 Å². The number of aromatic nitrogens is 1. The van der Waals surface area contributed by atoms with Gasteiger partial charge in [0.2, 0.25) is 0 Å². The van der Waals surface area contributed by atoms with Crippen LogP contribution in [-0.4, -0.2) is 46.1 Å². The normalized spacial score (nSPS) is 10.7. The molecular formula is C15H21N3O2. The van der Waals surface area contributed by atoms with Gasteiger partial charge >= 0.3 is 0 Å². The van der Waals surface area contributed by atoms with Crippen LogP contribution < -0.4 is 5.73 Å². The zero-order valence-electron chi connectivity index (χ0n) is 12.2. The quantitative estimate of drug-likeness (QED) is 0.790. The van der Waals surface area contributed by atoms with Crippen molar-refractivity contribution in [2.24, 2.45) is 5.73 Å². The van der Waals surface area contributed by atoms with Gasteiger partial charge in [0.25, 0.3) is 5.91 Å². The summed E-state index contributed by atoms with van der Waals surface area (Å²) < 4.78 is 0. The van der Waals surface area contributed by atoms with Crippen LogP contribution in [0.4, 0.5) is 0 Å². The van der Waals surface area contributed by atoms with Crippen LogP contribution in [0.2, 0.25) is 0 Å². The Morgan fingerprint density at radius 2 is 2.20 bits per heavy atom.